The van der Waals surface area contributed by atoms with Crippen LogP contribution < -0.4 is 5.32 Å². The normalized spacial score (nSPS) is 11.2. The number of benzene rings is 1. The molecule has 1 aromatic carbocycles. The molecule has 0 aliphatic rings. The second-order valence-electron chi connectivity index (χ2n) is 4.48. The molecule has 0 saturated heterocycles. The molecule has 0 atom stereocenters. The van der Waals surface area contributed by atoms with Crippen LogP contribution in [0, 0.1) is 0 Å². The van der Waals surface area contributed by atoms with Crippen molar-refractivity contribution in [1.82, 2.24) is 15.3 Å². The van der Waals surface area contributed by atoms with Crippen LogP contribution in [-0.2, 0) is 6.42 Å². The molecule has 4 nitrogen and oxygen atoms in total. The summed E-state index contributed by atoms with van der Waals surface area (Å²) < 4.78 is 0. The number of hydrogen-bond acceptors (Lipinski definition) is 3. The molecule has 0 saturated carbocycles. The number of unbranched alkanes of at least 4 members (excludes halogenated alkanes) is 1. The molecular formula is C14H21N3O. The number of imidazole rings is 1. The second-order valence-corrected chi connectivity index (χ2v) is 4.48. The van der Waals surface area contributed by atoms with Gasteiger partial charge in [0.15, 0.2) is 0 Å². The first kappa shape index (κ1) is 13.1. The van der Waals surface area contributed by atoms with E-state index in [9.17, 15) is 0 Å². The van der Waals surface area contributed by atoms with Crippen molar-refractivity contribution >= 4 is 11.0 Å². The van der Waals surface area contributed by atoms with Gasteiger partial charge in [-0.05, 0) is 44.5 Å². The molecule has 0 radical (unpaired) electrons. The van der Waals surface area contributed by atoms with E-state index in [0.29, 0.717) is 6.61 Å². The van der Waals surface area contributed by atoms with Crippen LogP contribution in [0.4, 0.5) is 0 Å². The van der Waals surface area contributed by atoms with Crippen LogP contribution in [0.15, 0.2) is 24.3 Å². The monoisotopic (exact) mass is 247 g/mol. The quantitative estimate of drug-likeness (QED) is 0.624. The van der Waals surface area contributed by atoms with Gasteiger partial charge in [-0.2, -0.15) is 0 Å². The fraction of sp³-hybridized carbons (Fsp3) is 0.500. The van der Waals surface area contributed by atoms with Crippen molar-refractivity contribution in [3.8, 4) is 0 Å². The summed E-state index contributed by atoms with van der Waals surface area (Å²) in [6, 6.07) is 8.12. The number of aryl methyl sites for hydroxylation is 1. The topological polar surface area (TPSA) is 60.9 Å². The molecule has 4 heteroatoms. The SMILES string of the molecule is OCCCCNCCCc1nc2ccccc2[nH]1. The Bertz CT molecular complexity index is 434. The Morgan fingerprint density at radius 3 is 2.78 bits per heavy atom. The fourth-order valence-corrected chi connectivity index (χ4v) is 1.99. The van der Waals surface area contributed by atoms with E-state index in [1.54, 1.807) is 0 Å². The Morgan fingerprint density at radius 2 is 1.94 bits per heavy atom. The predicted octanol–water partition coefficient (Wildman–Crippen LogP) is 1.86. The number of nitrogens with one attached hydrogen (secondary N) is 2. The number of fused-ring (bicyclic) bond motifs is 1. The highest BCUT2D eigenvalue weighted by Gasteiger charge is 2.00. The first-order valence-electron chi connectivity index (χ1n) is 6.65. The summed E-state index contributed by atoms with van der Waals surface area (Å²) in [7, 11) is 0. The fourth-order valence-electron chi connectivity index (χ4n) is 1.99. The minimum absolute atomic E-state index is 0.292. The maximum Gasteiger partial charge on any atom is 0.107 e. The van der Waals surface area contributed by atoms with Gasteiger partial charge in [-0.15, -0.1) is 0 Å². The van der Waals surface area contributed by atoms with Gasteiger partial charge < -0.3 is 15.4 Å². The van der Waals surface area contributed by atoms with Gasteiger partial charge in [-0.3, -0.25) is 0 Å². The molecule has 2 rings (SSSR count). The smallest absolute Gasteiger partial charge is 0.107 e. The van der Waals surface area contributed by atoms with Crippen LogP contribution in [0.2, 0.25) is 0 Å². The van der Waals surface area contributed by atoms with Crippen molar-refractivity contribution in [2.45, 2.75) is 25.7 Å². The number of aliphatic hydroxyl groups is 1. The molecule has 0 spiro atoms. The van der Waals surface area contributed by atoms with Crippen LogP contribution in [-0.4, -0.2) is 34.8 Å². The Balaban J connectivity index is 1.67. The molecule has 0 aliphatic carbocycles. The van der Waals surface area contributed by atoms with E-state index in [1.807, 2.05) is 18.2 Å². The molecule has 0 aliphatic heterocycles. The van der Waals surface area contributed by atoms with Gasteiger partial charge in [-0.1, -0.05) is 12.1 Å². The third-order valence-corrected chi connectivity index (χ3v) is 2.97. The van der Waals surface area contributed by atoms with Gasteiger partial charge in [0.05, 0.1) is 11.0 Å². The predicted molar refractivity (Wildman–Crippen MR) is 73.6 cm³/mol. The highest BCUT2D eigenvalue weighted by molar-refractivity contribution is 5.74. The number of rotatable bonds is 8. The van der Waals surface area contributed by atoms with Crippen LogP contribution in [0.25, 0.3) is 11.0 Å². The number of hydrogen-bond donors (Lipinski definition) is 3. The third-order valence-electron chi connectivity index (χ3n) is 2.97. The van der Waals surface area contributed by atoms with Crippen molar-refractivity contribution < 1.29 is 5.11 Å². The van der Waals surface area contributed by atoms with E-state index < -0.39 is 0 Å². The van der Waals surface area contributed by atoms with Gasteiger partial charge in [0.25, 0.3) is 0 Å². The van der Waals surface area contributed by atoms with Crippen LogP contribution in [0.1, 0.15) is 25.1 Å². The summed E-state index contributed by atoms with van der Waals surface area (Å²) in [6.45, 7) is 2.28. The lowest BCUT2D eigenvalue weighted by Crippen LogP contribution is -2.17. The van der Waals surface area contributed by atoms with Crippen LogP contribution >= 0.6 is 0 Å². The van der Waals surface area contributed by atoms with E-state index in [0.717, 1.165) is 55.6 Å². The van der Waals surface area contributed by atoms with E-state index >= 15 is 0 Å². The van der Waals surface area contributed by atoms with Gasteiger partial charge >= 0.3 is 0 Å². The minimum atomic E-state index is 0.292. The summed E-state index contributed by atoms with van der Waals surface area (Å²) in [5.41, 5.74) is 2.16. The van der Waals surface area contributed by atoms with Gasteiger partial charge in [-0.25, -0.2) is 4.98 Å². The molecule has 1 aromatic heterocycles. The molecule has 18 heavy (non-hydrogen) atoms. The summed E-state index contributed by atoms with van der Waals surface area (Å²) in [5, 5.41) is 12.0. The third kappa shape index (κ3) is 3.82. The Kier molecular flexibility index (Phi) is 5.17. The average molecular weight is 247 g/mol. The number of aromatic nitrogens is 2. The van der Waals surface area contributed by atoms with Crippen molar-refractivity contribution in [3.05, 3.63) is 30.1 Å². The molecule has 0 unspecified atom stereocenters. The lowest BCUT2D eigenvalue weighted by Gasteiger charge is -2.02. The molecule has 2 aromatic rings. The van der Waals surface area contributed by atoms with Gasteiger partial charge in [0, 0.05) is 13.0 Å². The lowest BCUT2D eigenvalue weighted by molar-refractivity contribution is 0.283. The highest BCUT2D eigenvalue weighted by Crippen LogP contribution is 2.10. The van der Waals surface area contributed by atoms with E-state index in [1.165, 1.54) is 0 Å². The van der Waals surface area contributed by atoms with Gasteiger partial charge in [0.1, 0.15) is 5.82 Å². The first-order valence-corrected chi connectivity index (χ1v) is 6.65. The molecule has 0 bridgehead atoms. The standard InChI is InChI=1S/C14H21N3O/c18-11-4-3-9-15-10-5-8-14-16-12-6-1-2-7-13(12)17-14/h1-2,6-7,15,18H,3-5,8-11H2,(H,16,17). The molecular weight excluding hydrogens is 226 g/mol. The molecule has 3 N–H and O–H groups in total. The molecule has 0 fully saturated rings. The Labute approximate surface area is 107 Å². The van der Waals surface area contributed by atoms with E-state index in [2.05, 4.69) is 21.4 Å². The maximum atomic E-state index is 8.65. The second kappa shape index (κ2) is 7.13. The summed E-state index contributed by atoms with van der Waals surface area (Å²) >= 11 is 0. The Hall–Kier alpha value is -1.39. The van der Waals surface area contributed by atoms with E-state index in [4.69, 9.17) is 5.11 Å². The van der Waals surface area contributed by atoms with Gasteiger partial charge in [0.2, 0.25) is 0 Å². The maximum absolute atomic E-state index is 8.65. The van der Waals surface area contributed by atoms with Crippen molar-refractivity contribution in [1.29, 1.82) is 0 Å². The zero-order chi connectivity index (χ0) is 12.6. The zero-order valence-corrected chi connectivity index (χ0v) is 10.7. The number of H-pyrrole nitrogens is 1. The first-order chi connectivity index (χ1) is 8.90. The molecule has 0 amide bonds. The van der Waals surface area contributed by atoms with Crippen molar-refractivity contribution in [3.63, 3.8) is 0 Å². The Morgan fingerprint density at radius 1 is 1.11 bits per heavy atom. The summed E-state index contributed by atoms with van der Waals surface area (Å²) in [5.74, 6) is 1.06. The van der Waals surface area contributed by atoms with Crippen LogP contribution in [0.3, 0.4) is 0 Å². The van der Waals surface area contributed by atoms with E-state index in [-0.39, 0.29) is 0 Å². The van der Waals surface area contributed by atoms with Crippen molar-refractivity contribution in [2.24, 2.45) is 0 Å². The number of nitrogens with zero attached hydrogens (tertiary/aromatic N) is 1. The number of para-hydroxylation sites is 2. The van der Waals surface area contributed by atoms with Crippen molar-refractivity contribution in [2.75, 3.05) is 19.7 Å². The average Bonchev–Trinajstić information content (AvgIpc) is 2.80. The molecule has 98 valence electrons. The number of aliphatic hydroxyl groups excluding tert-OH is 1. The summed E-state index contributed by atoms with van der Waals surface area (Å²) in [6.07, 6.45) is 3.98. The minimum Gasteiger partial charge on any atom is -0.396 e. The molecule has 1 heterocycles. The summed E-state index contributed by atoms with van der Waals surface area (Å²) in [4.78, 5) is 7.88. The number of aromatic amines is 1. The largest absolute Gasteiger partial charge is 0.396 e. The van der Waals surface area contributed by atoms with Crippen LogP contribution in [0.5, 0.6) is 0 Å². The highest BCUT2D eigenvalue weighted by atomic mass is 16.2. The zero-order valence-electron chi connectivity index (χ0n) is 10.7. The lowest BCUT2D eigenvalue weighted by atomic mass is 10.3.